The van der Waals surface area contributed by atoms with Crippen LogP contribution in [0.25, 0.3) is 16.6 Å². The number of esters is 2. The summed E-state index contributed by atoms with van der Waals surface area (Å²) in [6.45, 7) is 7.41. The molecule has 1 aliphatic heterocycles. The van der Waals surface area contributed by atoms with Crippen molar-refractivity contribution < 1.29 is 27.8 Å². The summed E-state index contributed by atoms with van der Waals surface area (Å²) in [5, 5.41) is 3.19. The average molecular weight is 538 g/mol. The SMILES string of the molecule is [B]c1c(N2CC(NC(C)C)C2)c(F)cc2c(=O)c(C(=O)OCC)cn(-c3cc(N)c(F)cc3COC(C)=O)c12. The number of halogens is 2. The highest BCUT2D eigenvalue weighted by atomic mass is 19.1. The Morgan fingerprint density at radius 3 is 2.49 bits per heavy atom. The molecule has 3 N–H and O–H groups in total. The number of carbonyl (C=O) groups excluding carboxylic acids is 2. The lowest BCUT2D eigenvalue weighted by molar-refractivity contribution is -0.142. The van der Waals surface area contributed by atoms with Gasteiger partial charge in [0.05, 0.1) is 29.2 Å². The molecule has 0 spiro atoms. The van der Waals surface area contributed by atoms with E-state index in [1.165, 1.54) is 23.8 Å². The van der Waals surface area contributed by atoms with Gasteiger partial charge in [-0.05, 0) is 30.6 Å². The van der Waals surface area contributed by atoms with E-state index < -0.39 is 29.0 Å². The summed E-state index contributed by atoms with van der Waals surface area (Å²) in [5.41, 5.74) is 4.94. The monoisotopic (exact) mass is 538 g/mol. The highest BCUT2D eigenvalue weighted by Gasteiger charge is 2.32. The quantitative estimate of drug-likeness (QED) is 0.255. The van der Waals surface area contributed by atoms with Gasteiger partial charge in [0.25, 0.3) is 0 Å². The number of carbonyl (C=O) groups is 2. The number of nitrogens with one attached hydrogen (secondary N) is 1. The molecule has 0 bridgehead atoms. The maximum Gasteiger partial charge on any atom is 0.343 e. The minimum absolute atomic E-state index is 0.00646. The summed E-state index contributed by atoms with van der Waals surface area (Å²) in [6, 6.07) is 3.74. The fourth-order valence-electron chi connectivity index (χ4n) is 4.72. The molecule has 1 saturated heterocycles. The Bertz CT molecular complexity index is 1520. The lowest BCUT2D eigenvalue weighted by Crippen LogP contribution is -2.60. The number of nitrogen functional groups attached to an aromatic ring is 1. The van der Waals surface area contributed by atoms with E-state index in [0.717, 1.165) is 12.1 Å². The van der Waals surface area contributed by atoms with Gasteiger partial charge in [-0.1, -0.05) is 13.8 Å². The lowest BCUT2D eigenvalue weighted by Gasteiger charge is -2.43. The van der Waals surface area contributed by atoms with Crippen LogP contribution in [0.1, 0.15) is 43.6 Å². The summed E-state index contributed by atoms with van der Waals surface area (Å²) in [6.07, 6.45) is 1.20. The Balaban J connectivity index is 2.00. The topological polar surface area (TPSA) is 116 Å². The van der Waals surface area contributed by atoms with Gasteiger partial charge in [-0.3, -0.25) is 9.59 Å². The van der Waals surface area contributed by atoms with Crippen LogP contribution < -0.4 is 26.8 Å². The molecule has 0 saturated carbocycles. The van der Waals surface area contributed by atoms with E-state index in [-0.39, 0.29) is 69.9 Å². The Morgan fingerprint density at radius 2 is 1.87 bits per heavy atom. The summed E-state index contributed by atoms with van der Waals surface area (Å²) in [4.78, 5) is 39.3. The summed E-state index contributed by atoms with van der Waals surface area (Å²) >= 11 is 0. The number of ether oxygens (including phenoxy) is 2. The molecule has 3 aromatic rings. The van der Waals surface area contributed by atoms with Crippen LogP contribution in [-0.4, -0.2) is 56.1 Å². The molecule has 0 aliphatic carbocycles. The van der Waals surface area contributed by atoms with Crippen molar-refractivity contribution in [2.45, 2.75) is 46.4 Å². The van der Waals surface area contributed by atoms with Gasteiger partial charge in [0.1, 0.15) is 31.7 Å². The zero-order valence-electron chi connectivity index (χ0n) is 22.1. The van der Waals surface area contributed by atoms with E-state index in [4.69, 9.17) is 23.1 Å². The molecule has 1 aromatic heterocycles. The Kier molecular flexibility index (Phi) is 7.96. The van der Waals surface area contributed by atoms with E-state index in [1.54, 1.807) is 11.8 Å². The fraction of sp³-hybridized carbons (Fsp3) is 0.370. The molecule has 0 unspecified atom stereocenters. The summed E-state index contributed by atoms with van der Waals surface area (Å²) in [5.74, 6) is -3.03. The molecule has 0 atom stereocenters. The van der Waals surface area contributed by atoms with Gasteiger partial charge in [-0.15, -0.1) is 0 Å². The Labute approximate surface area is 225 Å². The second-order valence-electron chi connectivity index (χ2n) is 9.69. The van der Waals surface area contributed by atoms with Gasteiger partial charge in [-0.2, -0.15) is 0 Å². The fourth-order valence-corrected chi connectivity index (χ4v) is 4.72. The largest absolute Gasteiger partial charge is 0.462 e. The Morgan fingerprint density at radius 1 is 1.18 bits per heavy atom. The predicted molar refractivity (Wildman–Crippen MR) is 145 cm³/mol. The van der Waals surface area contributed by atoms with Crippen LogP contribution in [0.3, 0.4) is 0 Å². The second kappa shape index (κ2) is 11.1. The molecule has 0 amide bonds. The number of aromatic nitrogens is 1. The first-order valence-electron chi connectivity index (χ1n) is 12.5. The van der Waals surface area contributed by atoms with Gasteiger partial charge in [0.15, 0.2) is 0 Å². The summed E-state index contributed by atoms with van der Waals surface area (Å²) < 4.78 is 41.5. The van der Waals surface area contributed by atoms with Crippen molar-refractivity contribution in [2.24, 2.45) is 0 Å². The van der Waals surface area contributed by atoms with Crippen molar-refractivity contribution in [2.75, 3.05) is 30.3 Å². The summed E-state index contributed by atoms with van der Waals surface area (Å²) in [7, 11) is 6.54. The third-order valence-corrected chi connectivity index (χ3v) is 6.40. The number of pyridine rings is 1. The standard InChI is InChI=1S/C27H29BF2N4O5/c1-5-38-27(37)18-11-34(22-8-21(31)19(29)6-15(22)12-39-14(4)35)24-17(26(18)36)7-20(30)25(23(24)28)33-9-16(10-33)32-13(2)3/h6-8,11,13,16,32H,5,9-10,12,31H2,1-4H3. The number of fused-ring (bicyclic) bond motifs is 1. The van der Waals surface area contributed by atoms with Gasteiger partial charge >= 0.3 is 11.9 Å². The van der Waals surface area contributed by atoms with Crippen LogP contribution in [0.5, 0.6) is 0 Å². The highest BCUT2D eigenvalue weighted by molar-refractivity contribution is 6.42. The van der Waals surface area contributed by atoms with Crippen molar-refractivity contribution in [3.8, 4) is 5.69 Å². The van der Waals surface area contributed by atoms with Crippen molar-refractivity contribution in [3.05, 3.63) is 57.4 Å². The first-order valence-corrected chi connectivity index (χ1v) is 12.5. The van der Waals surface area contributed by atoms with Crippen molar-refractivity contribution in [1.29, 1.82) is 0 Å². The van der Waals surface area contributed by atoms with Gasteiger partial charge in [0, 0.05) is 49.2 Å². The normalized spacial score (nSPS) is 13.6. The van der Waals surface area contributed by atoms with Crippen LogP contribution >= 0.6 is 0 Å². The van der Waals surface area contributed by atoms with E-state index >= 15 is 4.39 Å². The molecule has 2 radical (unpaired) electrons. The number of benzene rings is 2. The first kappa shape index (κ1) is 28.1. The molecule has 1 aliphatic rings. The molecule has 39 heavy (non-hydrogen) atoms. The van der Waals surface area contributed by atoms with Crippen molar-refractivity contribution >= 4 is 47.5 Å². The van der Waals surface area contributed by atoms with Crippen LogP contribution in [0.2, 0.25) is 0 Å². The number of rotatable bonds is 8. The van der Waals surface area contributed by atoms with Crippen molar-refractivity contribution in [1.82, 2.24) is 9.88 Å². The van der Waals surface area contributed by atoms with Crippen LogP contribution in [-0.2, 0) is 20.9 Å². The molecule has 204 valence electrons. The molecule has 2 heterocycles. The van der Waals surface area contributed by atoms with Crippen LogP contribution in [0.15, 0.2) is 29.2 Å². The van der Waals surface area contributed by atoms with E-state index in [9.17, 15) is 18.8 Å². The minimum Gasteiger partial charge on any atom is -0.462 e. The van der Waals surface area contributed by atoms with E-state index in [0.29, 0.717) is 13.1 Å². The van der Waals surface area contributed by atoms with E-state index in [1.807, 2.05) is 13.8 Å². The number of nitrogens with zero attached hydrogens (tertiary/aromatic N) is 2. The number of nitrogens with two attached hydrogens (primary N) is 1. The number of hydrogen-bond acceptors (Lipinski definition) is 8. The number of anilines is 2. The zero-order chi connectivity index (χ0) is 28.6. The molecule has 1 fully saturated rings. The zero-order valence-corrected chi connectivity index (χ0v) is 22.1. The minimum atomic E-state index is -0.928. The maximum atomic E-state index is 15.5. The Hall–Kier alpha value is -3.93. The lowest BCUT2D eigenvalue weighted by atomic mass is 9.87. The van der Waals surface area contributed by atoms with E-state index in [2.05, 4.69) is 5.32 Å². The first-order chi connectivity index (χ1) is 18.4. The number of hydrogen-bond donors (Lipinski definition) is 2. The van der Waals surface area contributed by atoms with Gasteiger partial charge < -0.3 is 30.0 Å². The van der Waals surface area contributed by atoms with Gasteiger partial charge in [-0.25, -0.2) is 13.6 Å². The van der Waals surface area contributed by atoms with Crippen LogP contribution in [0, 0.1) is 11.6 Å². The van der Waals surface area contributed by atoms with Gasteiger partial charge in [0.2, 0.25) is 5.43 Å². The smallest absolute Gasteiger partial charge is 0.343 e. The molecule has 4 rings (SSSR count). The molecule has 2 aromatic carbocycles. The van der Waals surface area contributed by atoms with Crippen LogP contribution in [0.4, 0.5) is 20.2 Å². The predicted octanol–water partition coefficient (Wildman–Crippen LogP) is 2.07. The molecular weight excluding hydrogens is 509 g/mol. The average Bonchev–Trinajstić information content (AvgIpc) is 2.83. The molecular formula is C27H29BF2N4O5. The third-order valence-electron chi connectivity index (χ3n) is 6.40. The molecule has 12 heteroatoms. The highest BCUT2D eigenvalue weighted by Crippen LogP contribution is 2.30. The maximum absolute atomic E-state index is 15.5. The molecule has 9 nitrogen and oxygen atoms in total. The van der Waals surface area contributed by atoms with Crippen molar-refractivity contribution in [3.63, 3.8) is 0 Å². The third kappa shape index (κ3) is 5.47. The second-order valence-corrected chi connectivity index (χ2v) is 9.69.